The molecule has 0 spiro atoms. The van der Waals surface area contributed by atoms with Crippen LogP contribution in [0.4, 0.5) is 4.39 Å². The van der Waals surface area contributed by atoms with Crippen molar-refractivity contribution in [1.29, 1.82) is 0 Å². The van der Waals surface area contributed by atoms with Crippen molar-refractivity contribution in [1.82, 2.24) is 9.38 Å². The van der Waals surface area contributed by atoms with Crippen LogP contribution < -0.4 is 4.74 Å². The zero-order valence-electron chi connectivity index (χ0n) is 10.8. The summed E-state index contributed by atoms with van der Waals surface area (Å²) in [6.07, 6.45) is 1.85. The Bertz CT molecular complexity index is 770. The molecule has 5 heteroatoms. The highest BCUT2D eigenvalue weighted by Crippen LogP contribution is 2.29. The van der Waals surface area contributed by atoms with Crippen LogP contribution in [0.25, 0.3) is 5.65 Å². The van der Waals surface area contributed by atoms with Gasteiger partial charge in [0.05, 0.1) is 5.88 Å². The van der Waals surface area contributed by atoms with Crippen molar-refractivity contribution < 1.29 is 9.13 Å². The van der Waals surface area contributed by atoms with Gasteiger partial charge in [0.25, 0.3) is 0 Å². The van der Waals surface area contributed by atoms with E-state index >= 15 is 0 Å². The summed E-state index contributed by atoms with van der Waals surface area (Å²) in [6, 6.07) is 10.6. The average Bonchev–Trinajstić information content (AvgIpc) is 2.81. The number of imidazole rings is 1. The molecule has 3 aromatic rings. The molecule has 0 N–H and O–H groups in total. The number of benzene rings is 1. The number of rotatable bonds is 3. The quantitative estimate of drug-likeness (QED) is 0.672. The van der Waals surface area contributed by atoms with E-state index in [-0.39, 0.29) is 17.4 Å². The van der Waals surface area contributed by atoms with E-state index in [0.717, 1.165) is 0 Å². The summed E-state index contributed by atoms with van der Waals surface area (Å²) in [5, 5.41) is 0. The molecule has 3 rings (SSSR count). The van der Waals surface area contributed by atoms with Crippen LogP contribution in [-0.4, -0.2) is 9.38 Å². The number of hydrogen-bond acceptors (Lipinski definition) is 2. The zero-order valence-corrected chi connectivity index (χ0v) is 11.6. The number of alkyl halides is 1. The van der Waals surface area contributed by atoms with Crippen LogP contribution in [0.3, 0.4) is 0 Å². The lowest BCUT2D eigenvalue weighted by Gasteiger charge is -2.07. The molecule has 0 unspecified atom stereocenters. The summed E-state index contributed by atoms with van der Waals surface area (Å²) in [6.45, 7) is 1.69. The second kappa shape index (κ2) is 5.13. The molecule has 2 aromatic heterocycles. The van der Waals surface area contributed by atoms with Crippen LogP contribution in [0.2, 0.25) is 0 Å². The number of halogens is 2. The normalized spacial score (nSPS) is 10.9. The van der Waals surface area contributed by atoms with E-state index < -0.39 is 0 Å². The highest BCUT2D eigenvalue weighted by atomic mass is 35.5. The van der Waals surface area contributed by atoms with Crippen molar-refractivity contribution in [2.75, 3.05) is 0 Å². The van der Waals surface area contributed by atoms with Gasteiger partial charge in [-0.1, -0.05) is 18.2 Å². The Hall–Kier alpha value is -2.07. The van der Waals surface area contributed by atoms with Crippen molar-refractivity contribution in [2.45, 2.75) is 12.8 Å². The van der Waals surface area contributed by atoms with Crippen molar-refractivity contribution in [3.8, 4) is 11.6 Å². The Morgan fingerprint density at radius 2 is 2.10 bits per heavy atom. The molecule has 0 bridgehead atoms. The first-order chi connectivity index (χ1) is 9.70. The smallest absolute Gasteiger partial charge is 0.242 e. The summed E-state index contributed by atoms with van der Waals surface area (Å²) in [5.74, 6) is 0.328. The highest BCUT2D eigenvalue weighted by Gasteiger charge is 2.15. The standard InChI is InChI=1S/C15H12ClFN2O/c1-10-5-4-6-12(14(10)17)20-15-11(9-16)19-8-3-2-7-13(19)18-15/h2-8H,9H2,1H3. The van der Waals surface area contributed by atoms with Gasteiger partial charge in [-0.2, -0.15) is 4.98 Å². The first-order valence-electron chi connectivity index (χ1n) is 6.15. The number of aromatic nitrogens is 2. The molecule has 0 aliphatic heterocycles. The minimum Gasteiger partial charge on any atom is -0.434 e. The van der Waals surface area contributed by atoms with Crippen molar-refractivity contribution in [3.63, 3.8) is 0 Å². The predicted octanol–water partition coefficient (Wildman–Crippen LogP) is 4.31. The maximum absolute atomic E-state index is 14.0. The molecule has 0 saturated carbocycles. The number of nitrogens with zero attached hydrogens (tertiary/aromatic N) is 2. The predicted molar refractivity (Wildman–Crippen MR) is 76.0 cm³/mol. The molecule has 0 fully saturated rings. The first kappa shape index (κ1) is 12.9. The molecular weight excluding hydrogens is 279 g/mol. The average molecular weight is 291 g/mol. The Labute approximate surface area is 120 Å². The zero-order chi connectivity index (χ0) is 14.1. The van der Waals surface area contributed by atoms with Gasteiger partial charge >= 0.3 is 0 Å². The molecule has 0 radical (unpaired) electrons. The van der Waals surface area contributed by atoms with Gasteiger partial charge in [0.15, 0.2) is 11.6 Å². The van der Waals surface area contributed by atoms with Crippen molar-refractivity contribution in [3.05, 3.63) is 59.7 Å². The maximum atomic E-state index is 14.0. The SMILES string of the molecule is Cc1cccc(Oc2nc3ccccn3c2CCl)c1F. The number of aryl methyl sites for hydroxylation is 1. The molecule has 0 saturated heterocycles. The van der Waals surface area contributed by atoms with Crippen LogP contribution in [0.5, 0.6) is 11.6 Å². The number of fused-ring (bicyclic) bond motifs is 1. The Kier molecular flexibility index (Phi) is 3.32. The lowest BCUT2D eigenvalue weighted by atomic mass is 10.2. The summed E-state index contributed by atoms with van der Waals surface area (Å²) < 4.78 is 21.4. The summed E-state index contributed by atoms with van der Waals surface area (Å²) >= 11 is 5.96. The molecule has 20 heavy (non-hydrogen) atoms. The fraction of sp³-hybridized carbons (Fsp3) is 0.133. The Balaban J connectivity index is 2.08. The maximum Gasteiger partial charge on any atom is 0.242 e. The van der Waals surface area contributed by atoms with Gasteiger partial charge in [-0.15, -0.1) is 11.6 Å². The van der Waals surface area contributed by atoms with E-state index in [1.807, 2.05) is 28.8 Å². The van der Waals surface area contributed by atoms with Gasteiger partial charge < -0.3 is 4.74 Å². The van der Waals surface area contributed by atoms with E-state index in [0.29, 0.717) is 22.8 Å². The summed E-state index contributed by atoms with van der Waals surface area (Å²) in [5.41, 5.74) is 1.94. The van der Waals surface area contributed by atoms with E-state index in [4.69, 9.17) is 16.3 Å². The third-order valence-electron chi connectivity index (χ3n) is 3.08. The molecule has 1 aromatic carbocycles. The number of hydrogen-bond donors (Lipinski definition) is 0. The van der Waals surface area contributed by atoms with Crippen LogP contribution in [0, 0.1) is 12.7 Å². The molecule has 2 heterocycles. The van der Waals surface area contributed by atoms with Crippen molar-refractivity contribution >= 4 is 17.2 Å². The van der Waals surface area contributed by atoms with Gasteiger partial charge in [0.2, 0.25) is 5.88 Å². The number of ether oxygens (including phenoxy) is 1. The Morgan fingerprint density at radius 3 is 2.90 bits per heavy atom. The van der Waals surface area contributed by atoms with E-state index in [9.17, 15) is 4.39 Å². The molecule has 0 aliphatic carbocycles. The van der Waals surface area contributed by atoms with Crippen LogP contribution in [-0.2, 0) is 5.88 Å². The lowest BCUT2D eigenvalue weighted by Crippen LogP contribution is -1.94. The molecule has 102 valence electrons. The second-order valence-electron chi connectivity index (χ2n) is 4.42. The third kappa shape index (κ3) is 2.12. The molecule has 3 nitrogen and oxygen atoms in total. The van der Waals surface area contributed by atoms with Gasteiger partial charge in [-0.25, -0.2) is 4.39 Å². The van der Waals surface area contributed by atoms with Gasteiger partial charge in [-0.05, 0) is 30.7 Å². The second-order valence-corrected chi connectivity index (χ2v) is 4.68. The molecular formula is C15H12ClFN2O. The van der Waals surface area contributed by atoms with Gasteiger partial charge in [0.1, 0.15) is 11.3 Å². The minimum absolute atomic E-state index is 0.153. The highest BCUT2D eigenvalue weighted by molar-refractivity contribution is 6.17. The van der Waals surface area contributed by atoms with Crippen LogP contribution in [0.15, 0.2) is 42.6 Å². The largest absolute Gasteiger partial charge is 0.434 e. The lowest BCUT2D eigenvalue weighted by molar-refractivity contribution is 0.424. The fourth-order valence-corrected chi connectivity index (χ4v) is 2.27. The third-order valence-corrected chi connectivity index (χ3v) is 3.33. The van der Waals surface area contributed by atoms with E-state index in [1.165, 1.54) is 0 Å². The molecule has 0 aliphatic rings. The minimum atomic E-state index is -0.384. The van der Waals surface area contributed by atoms with Gasteiger partial charge in [0, 0.05) is 6.20 Å². The molecule has 0 atom stereocenters. The number of pyridine rings is 1. The van der Waals surface area contributed by atoms with Crippen molar-refractivity contribution in [2.24, 2.45) is 0 Å². The Morgan fingerprint density at radius 1 is 1.25 bits per heavy atom. The van der Waals surface area contributed by atoms with Crippen LogP contribution >= 0.6 is 11.6 Å². The monoisotopic (exact) mass is 290 g/mol. The van der Waals surface area contributed by atoms with E-state index in [1.54, 1.807) is 25.1 Å². The first-order valence-corrected chi connectivity index (χ1v) is 6.69. The fourth-order valence-electron chi connectivity index (χ4n) is 2.03. The van der Waals surface area contributed by atoms with Crippen LogP contribution in [0.1, 0.15) is 11.3 Å². The summed E-state index contributed by atoms with van der Waals surface area (Å²) in [7, 11) is 0. The molecule has 0 amide bonds. The summed E-state index contributed by atoms with van der Waals surface area (Å²) in [4.78, 5) is 4.34. The topological polar surface area (TPSA) is 26.5 Å². The van der Waals surface area contributed by atoms with Gasteiger partial charge in [-0.3, -0.25) is 4.40 Å². The van der Waals surface area contributed by atoms with E-state index in [2.05, 4.69) is 4.98 Å².